The molecule has 1 heterocycles. The van der Waals surface area contributed by atoms with Crippen molar-refractivity contribution in [3.8, 4) is 5.75 Å². The summed E-state index contributed by atoms with van der Waals surface area (Å²) >= 11 is 0. The van der Waals surface area contributed by atoms with E-state index in [4.69, 9.17) is 4.74 Å². The molecule has 0 radical (unpaired) electrons. The molecule has 24 heavy (non-hydrogen) atoms. The van der Waals surface area contributed by atoms with Crippen molar-refractivity contribution in [1.29, 1.82) is 0 Å². The molecule has 1 N–H and O–H groups in total. The number of carbonyl (C=O) groups excluding carboxylic acids is 2. The first-order valence-corrected chi connectivity index (χ1v) is 8.73. The summed E-state index contributed by atoms with van der Waals surface area (Å²) in [4.78, 5) is 26.2. The summed E-state index contributed by atoms with van der Waals surface area (Å²) in [6.45, 7) is 3.31. The van der Waals surface area contributed by atoms with E-state index in [0.717, 1.165) is 25.0 Å². The Balaban J connectivity index is 1.41. The van der Waals surface area contributed by atoms with Crippen LogP contribution in [0, 0.1) is 0 Å². The topological polar surface area (TPSA) is 61.9 Å². The third kappa shape index (κ3) is 3.99. The second-order valence-corrected chi connectivity index (χ2v) is 6.31. The van der Waals surface area contributed by atoms with Crippen molar-refractivity contribution in [3.63, 3.8) is 0 Å². The molecule has 1 aliphatic carbocycles. The third-order valence-corrected chi connectivity index (χ3v) is 4.74. The van der Waals surface area contributed by atoms with Crippen molar-refractivity contribution < 1.29 is 14.3 Å². The first-order valence-electron chi connectivity index (χ1n) is 8.73. The molecule has 3 amide bonds. The molecule has 6 nitrogen and oxygen atoms in total. The monoisotopic (exact) mass is 331 g/mol. The van der Waals surface area contributed by atoms with Crippen molar-refractivity contribution in [2.24, 2.45) is 0 Å². The Morgan fingerprint density at radius 1 is 1.17 bits per heavy atom. The number of hydrogen-bond donors (Lipinski definition) is 1. The van der Waals surface area contributed by atoms with Crippen LogP contribution in [0.25, 0.3) is 0 Å². The third-order valence-electron chi connectivity index (χ3n) is 4.74. The van der Waals surface area contributed by atoms with Crippen molar-refractivity contribution >= 4 is 12.4 Å². The lowest BCUT2D eigenvalue weighted by molar-refractivity contribution is -0.119. The Morgan fingerprint density at radius 2 is 1.96 bits per heavy atom. The summed E-state index contributed by atoms with van der Waals surface area (Å²) in [5, 5.41) is 2.89. The fraction of sp³-hybridized carbons (Fsp3) is 0.556. The van der Waals surface area contributed by atoms with E-state index >= 15 is 0 Å². The van der Waals surface area contributed by atoms with E-state index in [1.165, 1.54) is 24.0 Å². The second-order valence-electron chi connectivity index (χ2n) is 6.31. The lowest BCUT2D eigenvalue weighted by Crippen LogP contribution is -2.51. The lowest BCUT2D eigenvalue weighted by Gasteiger charge is -2.32. The minimum absolute atomic E-state index is 0.0840. The van der Waals surface area contributed by atoms with Gasteiger partial charge in [-0.15, -0.1) is 0 Å². The van der Waals surface area contributed by atoms with Crippen molar-refractivity contribution in [2.45, 2.75) is 25.7 Å². The summed E-state index contributed by atoms with van der Waals surface area (Å²) in [6, 6.07) is 6.16. The summed E-state index contributed by atoms with van der Waals surface area (Å²) in [5.41, 5.74) is 2.73. The van der Waals surface area contributed by atoms with Crippen LogP contribution in [0.4, 0.5) is 4.79 Å². The largest absolute Gasteiger partial charge is 0.491 e. The zero-order valence-corrected chi connectivity index (χ0v) is 14.0. The summed E-state index contributed by atoms with van der Waals surface area (Å²) in [5.74, 6) is 0.959. The van der Waals surface area contributed by atoms with Gasteiger partial charge in [-0.3, -0.25) is 4.79 Å². The molecule has 1 aliphatic heterocycles. The predicted molar refractivity (Wildman–Crippen MR) is 91.2 cm³/mol. The highest BCUT2D eigenvalue weighted by molar-refractivity contribution is 5.74. The maximum atomic E-state index is 12.1. The number of nitrogens with zero attached hydrogens (tertiary/aromatic N) is 2. The van der Waals surface area contributed by atoms with Crippen LogP contribution in [0.2, 0.25) is 0 Å². The van der Waals surface area contributed by atoms with Crippen LogP contribution in [0.15, 0.2) is 18.2 Å². The van der Waals surface area contributed by atoms with Crippen LogP contribution in [0.5, 0.6) is 5.75 Å². The van der Waals surface area contributed by atoms with Gasteiger partial charge >= 0.3 is 6.03 Å². The molecular weight excluding hydrogens is 306 g/mol. The molecule has 130 valence electrons. The molecule has 6 heteroatoms. The maximum Gasteiger partial charge on any atom is 0.317 e. The Morgan fingerprint density at radius 3 is 2.75 bits per heavy atom. The molecule has 0 saturated carbocycles. The van der Waals surface area contributed by atoms with Gasteiger partial charge in [0, 0.05) is 26.2 Å². The number of amides is 3. The first-order chi connectivity index (χ1) is 11.8. The van der Waals surface area contributed by atoms with E-state index in [9.17, 15) is 9.59 Å². The van der Waals surface area contributed by atoms with Gasteiger partial charge in [-0.1, -0.05) is 12.1 Å². The van der Waals surface area contributed by atoms with Gasteiger partial charge in [0.05, 0.1) is 6.54 Å². The molecule has 2 aliphatic rings. The molecule has 0 spiro atoms. The molecule has 0 aromatic heterocycles. The smallest absolute Gasteiger partial charge is 0.317 e. The van der Waals surface area contributed by atoms with Gasteiger partial charge in [0.2, 0.25) is 6.41 Å². The number of ether oxygens (including phenoxy) is 1. The zero-order valence-electron chi connectivity index (χ0n) is 14.0. The quantitative estimate of drug-likeness (QED) is 0.656. The zero-order chi connectivity index (χ0) is 16.8. The highest BCUT2D eigenvalue weighted by Crippen LogP contribution is 2.29. The van der Waals surface area contributed by atoms with Crippen molar-refractivity contribution in [1.82, 2.24) is 15.1 Å². The number of rotatable bonds is 5. The van der Waals surface area contributed by atoms with Gasteiger partial charge in [-0.05, 0) is 42.9 Å². The van der Waals surface area contributed by atoms with E-state index in [1.54, 1.807) is 9.80 Å². The van der Waals surface area contributed by atoms with E-state index in [0.29, 0.717) is 39.3 Å². The van der Waals surface area contributed by atoms with Gasteiger partial charge in [0.1, 0.15) is 12.4 Å². The van der Waals surface area contributed by atoms with Crippen molar-refractivity contribution in [2.75, 3.05) is 39.3 Å². The lowest BCUT2D eigenvalue weighted by atomic mass is 9.91. The predicted octanol–water partition coefficient (Wildman–Crippen LogP) is 1.43. The molecule has 0 unspecified atom stereocenters. The summed E-state index contributed by atoms with van der Waals surface area (Å²) in [7, 11) is 0. The van der Waals surface area contributed by atoms with Crippen LogP contribution < -0.4 is 10.1 Å². The number of benzene rings is 1. The number of urea groups is 1. The second kappa shape index (κ2) is 8.04. The number of piperazine rings is 1. The summed E-state index contributed by atoms with van der Waals surface area (Å²) < 4.78 is 5.89. The van der Waals surface area contributed by atoms with E-state index < -0.39 is 0 Å². The van der Waals surface area contributed by atoms with Gasteiger partial charge < -0.3 is 19.9 Å². The number of fused-ring (bicyclic) bond motifs is 1. The fourth-order valence-electron chi connectivity index (χ4n) is 3.34. The van der Waals surface area contributed by atoms with Crippen LogP contribution in [0.1, 0.15) is 24.0 Å². The Bertz CT molecular complexity index is 583. The molecule has 0 atom stereocenters. The molecule has 1 aromatic carbocycles. The van der Waals surface area contributed by atoms with Gasteiger partial charge in [0.25, 0.3) is 0 Å². The maximum absolute atomic E-state index is 12.1. The molecular formula is C18H25N3O3. The normalized spacial score (nSPS) is 17.2. The minimum atomic E-state index is -0.0840. The Labute approximate surface area is 142 Å². The van der Waals surface area contributed by atoms with Crippen LogP contribution >= 0.6 is 0 Å². The number of carbonyl (C=O) groups is 2. The van der Waals surface area contributed by atoms with Gasteiger partial charge in [0.15, 0.2) is 0 Å². The van der Waals surface area contributed by atoms with Crippen molar-refractivity contribution in [3.05, 3.63) is 29.3 Å². The van der Waals surface area contributed by atoms with E-state index in [2.05, 4.69) is 11.4 Å². The van der Waals surface area contributed by atoms with E-state index in [-0.39, 0.29) is 6.03 Å². The van der Waals surface area contributed by atoms with Crippen LogP contribution in [-0.4, -0.2) is 61.6 Å². The van der Waals surface area contributed by atoms with E-state index in [1.807, 2.05) is 12.1 Å². The molecule has 1 saturated heterocycles. The highest BCUT2D eigenvalue weighted by Gasteiger charge is 2.19. The standard InChI is InChI=1S/C18H25N3O3/c22-14-20-9-11-21(12-10-20)18(23)19-8-13-24-17-7-3-5-15-4-1-2-6-16(15)17/h3,5,7,14H,1-2,4,6,8-13H2,(H,19,23). The molecule has 1 aromatic rings. The number of nitrogens with one attached hydrogen (secondary N) is 1. The van der Waals surface area contributed by atoms with Crippen LogP contribution in [-0.2, 0) is 17.6 Å². The average molecular weight is 331 g/mol. The number of hydrogen-bond acceptors (Lipinski definition) is 3. The SMILES string of the molecule is O=CN1CCN(C(=O)NCCOc2cccc3c2CCCC3)CC1. The minimum Gasteiger partial charge on any atom is -0.491 e. The molecule has 0 bridgehead atoms. The Kier molecular flexibility index (Phi) is 5.56. The average Bonchev–Trinajstić information content (AvgIpc) is 2.65. The molecule has 3 rings (SSSR count). The first kappa shape index (κ1) is 16.6. The Hall–Kier alpha value is -2.24. The molecule has 1 fully saturated rings. The van der Waals surface area contributed by atoms with Gasteiger partial charge in [-0.2, -0.15) is 0 Å². The fourth-order valence-corrected chi connectivity index (χ4v) is 3.34. The number of aryl methyl sites for hydroxylation is 1. The summed E-state index contributed by atoms with van der Waals surface area (Å²) in [6.07, 6.45) is 5.53. The van der Waals surface area contributed by atoms with Gasteiger partial charge in [-0.25, -0.2) is 4.79 Å². The van der Waals surface area contributed by atoms with Crippen LogP contribution in [0.3, 0.4) is 0 Å². The highest BCUT2D eigenvalue weighted by atomic mass is 16.5.